The number of benzene rings is 1. The maximum absolute atomic E-state index is 12.2. The molecular formula is C13H12N4O. The Labute approximate surface area is 103 Å². The fourth-order valence-electron chi connectivity index (χ4n) is 1.93. The molecule has 1 amide bonds. The second kappa shape index (κ2) is 4.03. The van der Waals surface area contributed by atoms with Crippen LogP contribution in [0.25, 0.3) is 10.9 Å². The highest BCUT2D eigenvalue weighted by Gasteiger charge is 2.12. The fraction of sp³-hybridized carbons (Fsp3) is 0.0769. The average molecular weight is 240 g/mol. The van der Waals surface area contributed by atoms with Crippen molar-refractivity contribution in [3.8, 4) is 0 Å². The molecule has 5 heteroatoms. The van der Waals surface area contributed by atoms with Gasteiger partial charge in [0, 0.05) is 17.1 Å². The molecule has 0 unspecified atom stereocenters. The van der Waals surface area contributed by atoms with E-state index < -0.39 is 0 Å². The first-order valence-corrected chi connectivity index (χ1v) is 5.63. The van der Waals surface area contributed by atoms with Crippen molar-refractivity contribution < 1.29 is 4.79 Å². The molecule has 0 bridgehead atoms. The molecule has 0 fully saturated rings. The van der Waals surface area contributed by atoms with Gasteiger partial charge in [0.05, 0.1) is 17.3 Å². The Bertz CT molecular complexity index is 710. The van der Waals surface area contributed by atoms with Gasteiger partial charge in [0.1, 0.15) is 5.82 Å². The van der Waals surface area contributed by atoms with Crippen LogP contribution in [0.1, 0.15) is 15.9 Å². The first-order valence-electron chi connectivity index (χ1n) is 5.63. The Morgan fingerprint density at radius 2 is 2.22 bits per heavy atom. The zero-order chi connectivity index (χ0) is 12.5. The number of aryl methyl sites for hydroxylation is 1. The van der Waals surface area contributed by atoms with Crippen LogP contribution in [0.4, 0.5) is 5.82 Å². The van der Waals surface area contributed by atoms with Crippen LogP contribution in [0, 0.1) is 6.92 Å². The molecule has 1 aromatic carbocycles. The molecule has 3 rings (SSSR count). The van der Waals surface area contributed by atoms with Gasteiger partial charge >= 0.3 is 0 Å². The SMILES string of the molecule is Cc1cn[nH]c1NC(=O)c1cccc2cc[nH]c12. The van der Waals surface area contributed by atoms with Gasteiger partial charge < -0.3 is 10.3 Å². The minimum atomic E-state index is -0.157. The van der Waals surface area contributed by atoms with Gasteiger partial charge in [0.2, 0.25) is 0 Å². The van der Waals surface area contributed by atoms with Gasteiger partial charge in [-0.1, -0.05) is 12.1 Å². The molecule has 90 valence electrons. The molecule has 0 saturated heterocycles. The van der Waals surface area contributed by atoms with E-state index in [0.717, 1.165) is 16.5 Å². The average Bonchev–Trinajstić information content (AvgIpc) is 2.98. The van der Waals surface area contributed by atoms with E-state index in [9.17, 15) is 4.79 Å². The standard InChI is InChI=1S/C13H12N4O/c1-8-7-15-17-12(8)16-13(18)10-4-2-3-9-5-6-14-11(9)10/h2-7,14H,1H3,(H2,15,16,17,18). The minimum Gasteiger partial charge on any atom is -0.361 e. The van der Waals surface area contributed by atoms with E-state index in [1.54, 1.807) is 12.3 Å². The van der Waals surface area contributed by atoms with Crippen LogP contribution in [-0.4, -0.2) is 21.1 Å². The molecule has 0 aliphatic heterocycles. The van der Waals surface area contributed by atoms with Crippen LogP contribution in [0.2, 0.25) is 0 Å². The van der Waals surface area contributed by atoms with Crippen LogP contribution >= 0.6 is 0 Å². The van der Waals surface area contributed by atoms with E-state index in [2.05, 4.69) is 20.5 Å². The van der Waals surface area contributed by atoms with Crippen LogP contribution in [-0.2, 0) is 0 Å². The number of carbonyl (C=O) groups excluding carboxylic acids is 1. The number of rotatable bonds is 2. The van der Waals surface area contributed by atoms with Gasteiger partial charge in [-0.15, -0.1) is 0 Å². The summed E-state index contributed by atoms with van der Waals surface area (Å²) in [7, 11) is 0. The Balaban J connectivity index is 1.97. The van der Waals surface area contributed by atoms with E-state index in [-0.39, 0.29) is 5.91 Å². The van der Waals surface area contributed by atoms with Crippen molar-refractivity contribution in [2.45, 2.75) is 6.92 Å². The highest BCUT2D eigenvalue weighted by Crippen LogP contribution is 2.18. The summed E-state index contributed by atoms with van der Waals surface area (Å²) >= 11 is 0. The van der Waals surface area contributed by atoms with Crippen molar-refractivity contribution in [2.24, 2.45) is 0 Å². The van der Waals surface area contributed by atoms with Gasteiger partial charge in [-0.2, -0.15) is 5.10 Å². The number of hydrogen-bond donors (Lipinski definition) is 3. The number of fused-ring (bicyclic) bond motifs is 1. The first kappa shape index (κ1) is 10.6. The third-order valence-electron chi connectivity index (χ3n) is 2.90. The predicted octanol–water partition coefficient (Wildman–Crippen LogP) is 2.45. The zero-order valence-electron chi connectivity index (χ0n) is 9.82. The summed E-state index contributed by atoms with van der Waals surface area (Å²) in [5.41, 5.74) is 2.36. The molecule has 3 N–H and O–H groups in total. The second-order valence-electron chi connectivity index (χ2n) is 4.13. The Morgan fingerprint density at radius 3 is 3.00 bits per heavy atom. The maximum Gasteiger partial charge on any atom is 0.258 e. The number of amides is 1. The third kappa shape index (κ3) is 1.66. The van der Waals surface area contributed by atoms with Crippen LogP contribution in [0.5, 0.6) is 0 Å². The van der Waals surface area contributed by atoms with E-state index in [4.69, 9.17) is 0 Å². The largest absolute Gasteiger partial charge is 0.361 e. The van der Waals surface area contributed by atoms with Crippen LogP contribution < -0.4 is 5.32 Å². The van der Waals surface area contributed by atoms with Gasteiger partial charge in [-0.3, -0.25) is 9.89 Å². The van der Waals surface area contributed by atoms with Crippen molar-refractivity contribution >= 4 is 22.6 Å². The summed E-state index contributed by atoms with van der Waals surface area (Å²) in [6.45, 7) is 1.88. The fourth-order valence-corrected chi connectivity index (χ4v) is 1.93. The highest BCUT2D eigenvalue weighted by molar-refractivity contribution is 6.11. The Hall–Kier alpha value is -2.56. The van der Waals surface area contributed by atoms with E-state index >= 15 is 0 Å². The lowest BCUT2D eigenvalue weighted by Crippen LogP contribution is -2.13. The molecule has 5 nitrogen and oxygen atoms in total. The number of aromatic amines is 2. The number of anilines is 1. The number of aromatic nitrogens is 3. The number of nitrogens with one attached hydrogen (secondary N) is 3. The molecule has 0 spiro atoms. The molecule has 18 heavy (non-hydrogen) atoms. The zero-order valence-corrected chi connectivity index (χ0v) is 9.82. The molecule has 3 aromatic rings. The summed E-state index contributed by atoms with van der Waals surface area (Å²) in [5, 5.41) is 10.5. The number of nitrogens with zero attached hydrogens (tertiary/aromatic N) is 1. The van der Waals surface area contributed by atoms with Gasteiger partial charge in [0.15, 0.2) is 0 Å². The van der Waals surface area contributed by atoms with Gasteiger partial charge in [0.25, 0.3) is 5.91 Å². The monoisotopic (exact) mass is 240 g/mol. The van der Waals surface area contributed by atoms with Crippen LogP contribution in [0.3, 0.4) is 0 Å². The molecular weight excluding hydrogens is 228 g/mol. The van der Waals surface area contributed by atoms with E-state index in [1.807, 2.05) is 31.3 Å². The summed E-state index contributed by atoms with van der Waals surface area (Å²) in [6.07, 6.45) is 3.49. The lowest BCUT2D eigenvalue weighted by atomic mass is 10.1. The summed E-state index contributed by atoms with van der Waals surface area (Å²) in [6, 6.07) is 7.56. The lowest BCUT2D eigenvalue weighted by molar-refractivity contribution is 0.102. The second-order valence-corrected chi connectivity index (χ2v) is 4.13. The minimum absolute atomic E-state index is 0.157. The smallest absolute Gasteiger partial charge is 0.258 e. The number of H-pyrrole nitrogens is 2. The van der Waals surface area contributed by atoms with Crippen molar-refractivity contribution in [1.82, 2.24) is 15.2 Å². The van der Waals surface area contributed by atoms with Gasteiger partial charge in [-0.25, -0.2) is 0 Å². The molecule has 0 aliphatic rings. The number of carbonyl (C=O) groups is 1. The summed E-state index contributed by atoms with van der Waals surface area (Å²) in [4.78, 5) is 15.3. The quantitative estimate of drug-likeness (QED) is 0.643. The molecule has 0 radical (unpaired) electrons. The highest BCUT2D eigenvalue weighted by atomic mass is 16.1. The van der Waals surface area contributed by atoms with Crippen molar-refractivity contribution in [1.29, 1.82) is 0 Å². The van der Waals surface area contributed by atoms with Gasteiger partial charge in [-0.05, 0) is 19.1 Å². The molecule has 0 saturated carbocycles. The van der Waals surface area contributed by atoms with Crippen molar-refractivity contribution in [3.05, 3.63) is 47.8 Å². The lowest BCUT2D eigenvalue weighted by Gasteiger charge is -2.05. The molecule has 2 aromatic heterocycles. The Kier molecular flexibility index (Phi) is 2.37. The normalized spacial score (nSPS) is 10.7. The first-order chi connectivity index (χ1) is 8.75. The maximum atomic E-state index is 12.2. The Morgan fingerprint density at radius 1 is 1.33 bits per heavy atom. The van der Waals surface area contributed by atoms with Crippen molar-refractivity contribution in [2.75, 3.05) is 5.32 Å². The number of para-hydroxylation sites is 1. The van der Waals surface area contributed by atoms with Crippen molar-refractivity contribution in [3.63, 3.8) is 0 Å². The molecule has 0 aliphatic carbocycles. The van der Waals surface area contributed by atoms with E-state index in [0.29, 0.717) is 11.4 Å². The summed E-state index contributed by atoms with van der Waals surface area (Å²) < 4.78 is 0. The molecule has 2 heterocycles. The molecule has 0 atom stereocenters. The van der Waals surface area contributed by atoms with E-state index in [1.165, 1.54) is 0 Å². The third-order valence-corrected chi connectivity index (χ3v) is 2.90. The topological polar surface area (TPSA) is 73.6 Å². The summed E-state index contributed by atoms with van der Waals surface area (Å²) in [5.74, 6) is 0.471. The number of hydrogen-bond acceptors (Lipinski definition) is 2. The predicted molar refractivity (Wildman–Crippen MR) is 69.6 cm³/mol. The van der Waals surface area contributed by atoms with Crippen LogP contribution in [0.15, 0.2) is 36.7 Å².